The standard InChI is InChI=1S/C28H33FN6O5S/c1-16(2)40-22(20-14-19(29)8-9-21(20)39-5)15-33-27-23(17(3)26(41-27)35-30-10-11-31-35)25(37)34(28(33)38)18(4)24(36)32-12-6-7-13-32/h8-11,14,16,18,22H,6-7,12-13,15H2,1-5H3/t18-,22-/m0/s1. The zero-order valence-electron chi connectivity index (χ0n) is 23.7. The summed E-state index contributed by atoms with van der Waals surface area (Å²) in [7, 11) is 1.48. The number of methoxy groups -OCH3 is 1. The number of nitrogens with zero attached hydrogens (tertiary/aromatic N) is 6. The Morgan fingerprint density at radius 3 is 2.44 bits per heavy atom. The highest BCUT2D eigenvalue weighted by Crippen LogP contribution is 2.34. The summed E-state index contributed by atoms with van der Waals surface area (Å²) in [6.45, 7) is 8.13. The molecule has 1 aliphatic rings. The smallest absolute Gasteiger partial charge is 0.332 e. The summed E-state index contributed by atoms with van der Waals surface area (Å²) < 4.78 is 28.6. The summed E-state index contributed by atoms with van der Waals surface area (Å²) in [6.07, 6.45) is 3.71. The molecular formula is C28H33FN6O5S. The zero-order chi connectivity index (χ0) is 29.4. The van der Waals surface area contributed by atoms with E-state index in [1.165, 1.54) is 58.4 Å². The van der Waals surface area contributed by atoms with Gasteiger partial charge in [0.2, 0.25) is 5.91 Å². The van der Waals surface area contributed by atoms with E-state index in [4.69, 9.17) is 9.47 Å². The van der Waals surface area contributed by atoms with Crippen LogP contribution in [0.5, 0.6) is 5.75 Å². The van der Waals surface area contributed by atoms with Gasteiger partial charge in [0, 0.05) is 24.2 Å². The third-order valence-electron chi connectivity index (χ3n) is 7.30. The molecule has 0 unspecified atom stereocenters. The first kappa shape index (κ1) is 28.7. The van der Waals surface area contributed by atoms with E-state index in [1.54, 1.807) is 18.7 Å². The molecule has 2 atom stereocenters. The monoisotopic (exact) mass is 584 g/mol. The molecule has 13 heteroatoms. The largest absolute Gasteiger partial charge is 0.496 e. The van der Waals surface area contributed by atoms with Crippen molar-refractivity contribution in [3.05, 3.63) is 68.4 Å². The number of thiophene rings is 1. The van der Waals surface area contributed by atoms with Crippen molar-refractivity contribution in [3.8, 4) is 10.8 Å². The number of hydrogen-bond donors (Lipinski definition) is 0. The molecule has 5 rings (SSSR count). The van der Waals surface area contributed by atoms with Crippen LogP contribution < -0.4 is 16.0 Å². The van der Waals surface area contributed by atoms with Crippen LogP contribution >= 0.6 is 11.3 Å². The Morgan fingerprint density at radius 2 is 1.80 bits per heavy atom. The summed E-state index contributed by atoms with van der Waals surface area (Å²) in [5, 5.41) is 9.29. The lowest BCUT2D eigenvalue weighted by atomic mass is 10.1. The number of fused-ring (bicyclic) bond motifs is 1. The normalized spacial score (nSPS) is 15.1. The van der Waals surface area contributed by atoms with Crippen LogP contribution in [-0.4, -0.2) is 61.2 Å². The van der Waals surface area contributed by atoms with Crippen molar-refractivity contribution >= 4 is 27.5 Å². The van der Waals surface area contributed by atoms with Gasteiger partial charge in [0.25, 0.3) is 5.56 Å². The predicted molar refractivity (Wildman–Crippen MR) is 152 cm³/mol. The summed E-state index contributed by atoms with van der Waals surface area (Å²) >= 11 is 1.19. The summed E-state index contributed by atoms with van der Waals surface area (Å²) in [4.78, 5) is 45.1. The van der Waals surface area contributed by atoms with Gasteiger partial charge in [-0.2, -0.15) is 10.2 Å². The Labute approximate surface area is 239 Å². The number of benzene rings is 1. The average molecular weight is 585 g/mol. The van der Waals surface area contributed by atoms with Gasteiger partial charge in [-0.1, -0.05) is 11.3 Å². The van der Waals surface area contributed by atoms with Gasteiger partial charge in [-0.25, -0.2) is 13.8 Å². The van der Waals surface area contributed by atoms with Gasteiger partial charge in [-0.05, 0) is 58.7 Å². The molecule has 1 aromatic carbocycles. The Balaban J connectivity index is 1.75. The van der Waals surface area contributed by atoms with Crippen molar-refractivity contribution in [2.24, 2.45) is 0 Å². The number of halogens is 1. The van der Waals surface area contributed by atoms with Crippen LogP contribution in [-0.2, 0) is 16.1 Å². The average Bonchev–Trinajstić information content (AvgIpc) is 3.71. The van der Waals surface area contributed by atoms with Gasteiger partial charge >= 0.3 is 5.69 Å². The molecular weight excluding hydrogens is 551 g/mol. The summed E-state index contributed by atoms with van der Waals surface area (Å²) in [5.41, 5.74) is -0.212. The molecule has 0 radical (unpaired) electrons. The van der Waals surface area contributed by atoms with Crippen LogP contribution in [0.25, 0.3) is 15.2 Å². The number of carbonyl (C=O) groups is 1. The quantitative estimate of drug-likeness (QED) is 0.295. The first-order chi connectivity index (χ1) is 19.6. The van der Waals surface area contributed by atoms with Crippen LogP contribution in [0.15, 0.2) is 40.2 Å². The zero-order valence-corrected chi connectivity index (χ0v) is 24.5. The van der Waals surface area contributed by atoms with Crippen LogP contribution in [0.4, 0.5) is 4.39 Å². The van der Waals surface area contributed by atoms with Crippen LogP contribution in [0.1, 0.15) is 56.9 Å². The Morgan fingerprint density at radius 1 is 1.12 bits per heavy atom. The Kier molecular flexibility index (Phi) is 8.09. The molecule has 0 aliphatic carbocycles. The second-order valence-electron chi connectivity index (χ2n) is 10.4. The van der Waals surface area contributed by atoms with E-state index in [1.807, 2.05) is 13.8 Å². The number of aryl methyl sites for hydroxylation is 1. The van der Waals surface area contributed by atoms with Crippen molar-refractivity contribution in [2.45, 2.75) is 65.3 Å². The molecule has 1 amide bonds. The van der Waals surface area contributed by atoms with Crippen LogP contribution in [0.3, 0.4) is 0 Å². The van der Waals surface area contributed by atoms with E-state index in [2.05, 4.69) is 10.2 Å². The molecule has 1 saturated heterocycles. The Hall–Kier alpha value is -3.84. The number of amides is 1. The summed E-state index contributed by atoms with van der Waals surface area (Å²) in [6, 6.07) is 3.09. The molecule has 0 saturated carbocycles. The second kappa shape index (κ2) is 11.6. The number of ether oxygens (including phenoxy) is 2. The van der Waals surface area contributed by atoms with Crippen molar-refractivity contribution in [1.29, 1.82) is 0 Å². The summed E-state index contributed by atoms with van der Waals surface area (Å²) in [5.74, 6) is -0.364. The molecule has 0 bridgehead atoms. The van der Waals surface area contributed by atoms with Gasteiger partial charge in [0.1, 0.15) is 33.5 Å². The Bertz CT molecular complexity index is 1690. The third-order valence-corrected chi connectivity index (χ3v) is 8.58. The number of likely N-dealkylation sites (tertiary alicyclic amines) is 1. The van der Waals surface area contributed by atoms with E-state index >= 15 is 0 Å². The van der Waals surface area contributed by atoms with E-state index < -0.39 is 29.2 Å². The van der Waals surface area contributed by atoms with Gasteiger partial charge in [-0.3, -0.25) is 14.2 Å². The maximum absolute atomic E-state index is 14.4. The lowest BCUT2D eigenvalue weighted by Gasteiger charge is -2.25. The molecule has 11 nitrogen and oxygen atoms in total. The van der Waals surface area contributed by atoms with Crippen LogP contribution in [0, 0.1) is 12.7 Å². The fraction of sp³-hybridized carbons (Fsp3) is 0.464. The molecule has 0 N–H and O–H groups in total. The van der Waals surface area contributed by atoms with Gasteiger partial charge in [0.05, 0.1) is 37.5 Å². The highest BCUT2D eigenvalue weighted by molar-refractivity contribution is 7.21. The molecule has 1 fully saturated rings. The molecule has 4 aromatic rings. The van der Waals surface area contributed by atoms with Crippen molar-refractivity contribution in [3.63, 3.8) is 0 Å². The minimum atomic E-state index is -1.03. The predicted octanol–water partition coefficient (Wildman–Crippen LogP) is 3.61. The van der Waals surface area contributed by atoms with Crippen molar-refractivity contribution in [1.82, 2.24) is 29.0 Å². The maximum Gasteiger partial charge on any atom is 0.332 e. The third kappa shape index (κ3) is 5.31. The van der Waals surface area contributed by atoms with Gasteiger partial charge in [0.15, 0.2) is 0 Å². The van der Waals surface area contributed by atoms with E-state index in [9.17, 15) is 18.8 Å². The number of aromatic nitrogens is 5. The first-order valence-corrected chi connectivity index (χ1v) is 14.4. The fourth-order valence-corrected chi connectivity index (χ4v) is 6.56. The van der Waals surface area contributed by atoms with Crippen molar-refractivity contribution < 1.29 is 18.7 Å². The molecule has 1 aliphatic heterocycles. The van der Waals surface area contributed by atoms with Gasteiger partial charge in [-0.15, -0.1) is 4.80 Å². The highest BCUT2D eigenvalue weighted by Gasteiger charge is 2.31. The molecule has 0 spiro atoms. The SMILES string of the molecule is COc1ccc(F)cc1[C@H](Cn1c(=O)n([C@@H](C)C(=O)N2CCCC2)c(=O)c2c(C)c(-n3nccn3)sc21)OC(C)C. The first-order valence-electron chi connectivity index (χ1n) is 13.5. The molecule has 41 heavy (non-hydrogen) atoms. The van der Waals surface area contributed by atoms with Gasteiger partial charge < -0.3 is 14.4 Å². The van der Waals surface area contributed by atoms with Crippen LogP contribution in [0.2, 0.25) is 0 Å². The number of hydrogen-bond acceptors (Lipinski definition) is 8. The van der Waals surface area contributed by atoms with E-state index in [-0.39, 0.29) is 23.9 Å². The minimum Gasteiger partial charge on any atom is -0.496 e. The van der Waals surface area contributed by atoms with E-state index in [0.29, 0.717) is 39.8 Å². The molecule has 3 aromatic heterocycles. The second-order valence-corrected chi connectivity index (χ2v) is 11.3. The van der Waals surface area contributed by atoms with E-state index in [0.717, 1.165) is 17.4 Å². The number of carbonyl (C=O) groups excluding carboxylic acids is 1. The lowest BCUT2D eigenvalue weighted by molar-refractivity contribution is -0.133. The molecule has 4 heterocycles. The van der Waals surface area contributed by atoms with Crippen molar-refractivity contribution in [2.75, 3.05) is 20.2 Å². The minimum absolute atomic E-state index is 0.0653. The lowest BCUT2D eigenvalue weighted by Crippen LogP contribution is -2.47. The topological polar surface area (TPSA) is 113 Å². The highest BCUT2D eigenvalue weighted by atomic mass is 32.1. The molecule has 218 valence electrons. The fourth-order valence-electron chi connectivity index (χ4n) is 5.34. The number of rotatable bonds is 9. The maximum atomic E-state index is 14.4.